The third-order valence-electron chi connectivity index (χ3n) is 10.5. The Hall–Kier alpha value is -7.76. The number of unbranched alkanes of at least 4 members (excludes halogenated alkanes) is 1. The van der Waals surface area contributed by atoms with Gasteiger partial charge in [0.2, 0.25) is 11.6 Å². The number of oxazole rings is 1. The van der Waals surface area contributed by atoms with E-state index in [-0.39, 0.29) is 77.8 Å². The molecule has 3 amide bonds. The van der Waals surface area contributed by atoms with Crippen molar-refractivity contribution in [3.8, 4) is 34.4 Å². The third-order valence-corrected chi connectivity index (χ3v) is 11.8. The minimum Gasteiger partial charge on any atom is -0.490 e. The summed E-state index contributed by atoms with van der Waals surface area (Å²) in [5, 5.41) is 19.0. The number of halogens is 1. The maximum Gasteiger partial charge on any atom is 0.408 e. The number of anilines is 1. The molecule has 0 saturated carbocycles. The van der Waals surface area contributed by atoms with E-state index in [1.54, 1.807) is 119 Å². The Morgan fingerprint density at radius 2 is 1.30 bits per heavy atom. The molecule has 81 heavy (non-hydrogen) atoms. The Kier molecular flexibility index (Phi) is 24.1. The van der Waals surface area contributed by atoms with Crippen molar-refractivity contribution in [2.24, 2.45) is 0 Å². The molecule has 0 aliphatic rings. The van der Waals surface area contributed by atoms with Crippen LogP contribution in [0.2, 0.25) is 5.02 Å². The molecule has 2 aromatic heterocycles. The van der Waals surface area contributed by atoms with Crippen LogP contribution >= 0.6 is 23.4 Å². The summed E-state index contributed by atoms with van der Waals surface area (Å²) in [4.78, 5) is 91.5. The number of nitrogens with two attached hydrogens (primary N) is 1. The van der Waals surface area contributed by atoms with Crippen LogP contribution in [0, 0.1) is 17.9 Å². The van der Waals surface area contributed by atoms with Gasteiger partial charge in [-0.1, -0.05) is 41.9 Å². The van der Waals surface area contributed by atoms with Gasteiger partial charge < -0.3 is 59.3 Å². The first-order chi connectivity index (χ1) is 37.8. The van der Waals surface area contributed by atoms with Crippen LogP contribution in [0.3, 0.4) is 0 Å². The van der Waals surface area contributed by atoms with Gasteiger partial charge in [-0.05, 0) is 151 Å². The number of carbonyl (C=O) groups is 6. The number of alkyl carbamates (subject to hydrolysis) is 3. The van der Waals surface area contributed by atoms with Crippen LogP contribution in [-0.4, -0.2) is 107 Å². The molecule has 2 aromatic carbocycles. The lowest BCUT2D eigenvalue weighted by Gasteiger charge is -2.26. The van der Waals surface area contributed by atoms with Gasteiger partial charge in [-0.3, -0.25) is 4.79 Å². The second-order valence-corrected chi connectivity index (χ2v) is 23.8. The molecule has 4 rings (SSSR count). The van der Waals surface area contributed by atoms with E-state index >= 15 is 0 Å². The number of aromatic nitrogens is 2. The van der Waals surface area contributed by atoms with Gasteiger partial charge in [-0.15, -0.1) is 0 Å². The maximum atomic E-state index is 14.2. The number of nitrogens with zero attached hydrogens (tertiary/aromatic N) is 4. The maximum absolute atomic E-state index is 14.2. The summed E-state index contributed by atoms with van der Waals surface area (Å²) in [5.74, 6) is -1.64. The van der Waals surface area contributed by atoms with Crippen molar-refractivity contribution in [1.29, 1.82) is 5.26 Å². The van der Waals surface area contributed by atoms with Gasteiger partial charge in [-0.25, -0.2) is 38.8 Å². The molecule has 0 aliphatic heterocycles. The molecular formula is C57H73ClN8O14S. The van der Waals surface area contributed by atoms with Crippen molar-refractivity contribution in [2.45, 2.75) is 173 Å². The average Bonchev–Trinajstić information content (AvgIpc) is 3.84. The predicted molar refractivity (Wildman–Crippen MR) is 302 cm³/mol. The average molecular weight is 1160 g/mol. The molecule has 3 atom stereocenters. The molecule has 0 unspecified atom stereocenters. The van der Waals surface area contributed by atoms with Gasteiger partial charge in [0.05, 0.1) is 17.8 Å². The second kappa shape index (κ2) is 29.6. The number of nitrogen functional groups attached to an aromatic ring is 1. The summed E-state index contributed by atoms with van der Waals surface area (Å²) in [6.07, 6.45) is -1.68. The standard InChI is InChI=1S/C57H73ClN8O14S/c1-54(2,3)77-43(67)19-15-14-17-42(65-53(72)80-57(10,11)12)50(69)76-39(32-75-49(68)41(64-52(71)79-56(7,8)9)18-16-28-62-51(70)78-55(4,5)6)31-73-38-26-22-34(23-27-38)44-40(29-59)48(66-46(60)45(44)61-13)81-33-37-30-74-47(63-37)35-20-24-36(58)25-21-35/h20-27,30,39,41-42H,14-19,28,31-33H2,1-12H3,(H2,60,66)(H,62,70)(H,64,71)(H,65,72)/t39-,41-,42-/m0/s1. The first-order valence-corrected chi connectivity index (χ1v) is 27.4. The van der Waals surface area contributed by atoms with Crippen molar-refractivity contribution in [3.05, 3.63) is 82.5 Å². The lowest BCUT2D eigenvalue weighted by Crippen LogP contribution is -2.47. The van der Waals surface area contributed by atoms with Crippen LogP contribution in [0.15, 0.2) is 64.2 Å². The van der Waals surface area contributed by atoms with Crippen molar-refractivity contribution in [1.82, 2.24) is 25.9 Å². The van der Waals surface area contributed by atoms with Gasteiger partial charge >= 0.3 is 36.2 Å². The SMILES string of the molecule is [C-]#[N+]c1c(N)nc(SCc2coc(-c3ccc(Cl)cc3)n2)c(C#N)c1-c1ccc(OC[C@@H](COC(=O)[C@H](CCCNC(=O)OC(C)(C)C)NC(=O)OC(C)(C)C)OC(=O)[C@H](CCCCC(=O)OC(C)(C)C)NC(=O)OC(C)(C)C)cc1. The molecule has 22 nitrogen and oxygen atoms in total. The summed E-state index contributed by atoms with van der Waals surface area (Å²) < 4.78 is 45.0. The number of esters is 3. The number of ether oxygens (including phenoxy) is 7. The molecular weight excluding hydrogens is 1090 g/mol. The Morgan fingerprint density at radius 3 is 1.86 bits per heavy atom. The minimum atomic E-state index is -1.37. The highest BCUT2D eigenvalue weighted by Gasteiger charge is 2.32. The highest BCUT2D eigenvalue weighted by molar-refractivity contribution is 7.98. The number of thioether (sulfide) groups is 1. The van der Waals surface area contributed by atoms with E-state index in [2.05, 4.69) is 36.8 Å². The smallest absolute Gasteiger partial charge is 0.408 e. The van der Waals surface area contributed by atoms with Crippen molar-refractivity contribution in [2.75, 3.05) is 25.5 Å². The first kappa shape index (κ1) is 65.8. The lowest BCUT2D eigenvalue weighted by molar-refractivity contribution is -0.163. The van der Waals surface area contributed by atoms with E-state index in [4.69, 9.17) is 61.5 Å². The number of rotatable bonds is 24. The van der Waals surface area contributed by atoms with Crippen molar-refractivity contribution in [3.63, 3.8) is 0 Å². The van der Waals surface area contributed by atoms with Gasteiger partial charge in [-0.2, -0.15) is 5.26 Å². The normalized spacial score (nSPS) is 12.7. The second-order valence-electron chi connectivity index (χ2n) is 22.4. The topological polar surface area (TPSA) is 296 Å². The summed E-state index contributed by atoms with van der Waals surface area (Å²) in [7, 11) is 0. The van der Waals surface area contributed by atoms with Gasteiger partial charge in [0.25, 0.3) is 0 Å². The summed E-state index contributed by atoms with van der Waals surface area (Å²) >= 11 is 7.21. The largest absolute Gasteiger partial charge is 0.490 e. The number of nitriles is 1. The molecule has 0 spiro atoms. The zero-order valence-electron chi connectivity index (χ0n) is 47.9. The molecule has 438 valence electrons. The lowest BCUT2D eigenvalue weighted by atomic mass is 10.00. The summed E-state index contributed by atoms with van der Waals surface area (Å²) in [6.45, 7) is 27.2. The molecule has 5 N–H and O–H groups in total. The molecule has 4 aromatic rings. The molecule has 2 heterocycles. The first-order valence-electron chi connectivity index (χ1n) is 26.0. The van der Waals surface area contributed by atoms with Crippen LogP contribution in [0.5, 0.6) is 5.75 Å². The highest BCUT2D eigenvalue weighted by Crippen LogP contribution is 2.42. The van der Waals surface area contributed by atoms with Crippen LogP contribution in [0.1, 0.15) is 133 Å². The van der Waals surface area contributed by atoms with Crippen LogP contribution in [-0.2, 0) is 48.6 Å². The van der Waals surface area contributed by atoms with Gasteiger partial charge in [0.1, 0.15) is 76.6 Å². The Morgan fingerprint density at radius 1 is 0.741 bits per heavy atom. The molecule has 0 radical (unpaired) electrons. The van der Waals surface area contributed by atoms with E-state index < -0.39 is 90.0 Å². The fraction of sp³-hybridized carbons (Fsp3) is 0.509. The Bertz CT molecular complexity index is 2890. The Balaban J connectivity index is 1.61. The van der Waals surface area contributed by atoms with Gasteiger partial charge in [0.15, 0.2) is 6.10 Å². The van der Waals surface area contributed by atoms with E-state index in [1.807, 2.05) is 0 Å². The molecule has 0 saturated heterocycles. The Labute approximate surface area is 482 Å². The van der Waals surface area contributed by atoms with Gasteiger partial charge in [0, 0.05) is 34.9 Å². The number of amides is 3. The highest BCUT2D eigenvalue weighted by atomic mass is 35.5. The number of nitrogens with one attached hydrogen (secondary N) is 3. The number of carbonyl (C=O) groups excluding carboxylic acids is 6. The fourth-order valence-electron chi connectivity index (χ4n) is 7.18. The van der Waals surface area contributed by atoms with E-state index in [1.165, 1.54) is 30.2 Å². The number of benzene rings is 2. The molecule has 24 heteroatoms. The predicted octanol–water partition coefficient (Wildman–Crippen LogP) is 11.2. The molecule has 0 fully saturated rings. The zero-order valence-corrected chi connectivity index (χ0v) is 49.4. The van der Waals surface area contributed by atoms with E-state index in [0.717, 1.165) is 0 Å². The summed E-state index contributed by atoms with van der Waals surface area (Å²) in [5.41, 5.74) is 4.93. The van der Waals surface area contributed by atoms with Crippen molar-refractivity contribution >= 4 is 71.1 Å². The third kappa shape index (κ3) is 23.9. The number of hydrogen-bond acceptors (Lipinski definition) is 19. The van der Waals surface area contributed by atoms with Crippen LogP contribution in [0.4, 0.5) is 25.9 Å². The number of hydrogen-bond donors (Lipinski definition) is 4. The van der Waals surface area contributed by atoms with Crippen LogP contribution < -0.4 is 26.4 Å². The minimum absolute atomic E-state index is 0.00257. The number of pyridine rings is 1. The zero-order chi connectivity index (χ0) is 60.3. The fourth-order valence-corrected chi connectivity index (χ4v) is 8.18. The molecule has 0 aliphatic carbocycles. The van der Waals surface area contributed by atoms with Crippen LogP contribution in [0.25, 0.3) is 27.4 Å². The summed E-state index contributed by atoms with van der Waals surface area (Å²) in [6, 6.07) is 12.8. The van der Waals surface area contributed by atoms with Crippen molar-refractivity contribution < 1.29 is 66.3 Å². The molecule has 0 bridgehead atoms. The quantitative estimate of drug-likeness (QED) is 0.0167. The van der Waals surface area contributed by atoms with E-state index in [0.29, 0.717) is 34.2 Å². The monoisotopic (exact) mass is 1160 g/mol. The van der Waals surface area contributed by atoms with E-state index in [9.17, 15) is 34.0 Å².